The van der Waals surface area contributed by atoms with Crippen LogP contribution >= 0.6 is 0 Å². The molecular weight excluding hydrogens is 849 g/mol. The van der Waals surface area contributed by atoms with E-state index >= 15 is 0 Å². The molecule has 0 aromatic rings. The van der Waals surface area contributed by atoms with Gasteiger partial charge in [0.1, 0.15) is 0 Å². The maximum atomic E-state index is 6.28. The monoisotopic (exact) mass is 961 g/mol. The molecule has 0 atom stereocenters. The molecule has 0 radical (unpaired) electrons. The first-order valence-corrected chi connectivity index (χ1v) is 22.4. The van der Waals surface area contributed by atoms with Crippen LogP contribution in [0.3, 0.4) is 0 Å². The summed E-state index contributed by atoms with van der Waals surface area (Å²) in [7, 11) is 8.71. The molecule has 0 heterocycles. The highest BCUT2D eigenvalue weighted by Crippen LogP contribution is 1.83. The summed E-state index contributed by atoms with van der Waals surface area (Å²) in [4.78, 5) is 38.3. The first kappa shape index (κ1) is 88.0. The number of nitrogens with one attached hydrogen (secondary N) is 3. The van der Waals surface area contributed by atoms with Crippen LogP contribution in [-0.4, -0.2) is 144 Å². The van der Waals surface area contributed by atoms with Crippen molar-refractivity contribution in [3.63, 3.8) is 0 Å². The van der Waals surface area contributed by atoms with Crippen molar-refractivity contribution in [1.82, 2.24) is 10.6 Å². The van der Waals surface area contributed by atoms with Crippen molar-refractivity contribution in [2.24, 2.45) is 102 Å². The van der Waals surface area contributed by atoms with Crippen molar-refractivity contribution in [1.29, 1.82) is 5.41 Å². The van der Waals surface area contributed by atoms with Crippen molar-refractivity contribution in [2.75, 3.05) is 68.0 Å². The molecule has 0 aromatic carbocycles. The lowest BCUT2D eigenvalue weighted by atomic mass is 10.4. The summed E-state index contributed by atoms with van der Waals surface area (Å²) < 4.78 is 0. The van der Waals surface area contributed by atoms with Crippen LogP contribution in [0.4, 0.5) is 0 Å². The van der Waals surface area contributed by atoms with Gasteiger partial charge in [-0.3, -0.25) is 55.3 Å². The summed E-state index contributed by atoms with van der Waals surface area (Å²) in [5.74, 6) is 7.41. The van der Waals surface area contributed by atoms with Gasteiger partial charge in [-0.2, -0.15) is 0 Å². The Morgan fingerprint density at radius 3 is 0.687 bits per heavy atom. The fraction of sp³-hybridized carbons (Fsp3) is 0.756. The summed E-state index contributed by atoms with van der Waals surface area (Å²) in [6, 6.07) is 0.676. The lowest BCUT2D eigenvalue weighted by Crippen LogP contribution is -2.18. The molecular formula is C45H112N22. The number of hydrogen-bond acceptors (Lipinski definition) is 11. The van der Waals surface area contributed by atoms with Gasteiger partial charge >= 0.3 is 0 Å². The second kappa shape index (κ2) is 77.4. The van der Waals surface area contributed by atoms with E-state index in [4.69, 9.17) is 57.0 Å². The van der Waals surface area contributed by atoms with Crippen LogP contribution in [0, 0.1) is 5.41 Å². The largest absolute Gasteiger partial charge is 0.388 e. The minimum Gasteiger partial charge on any atom is -0.388 e. The molecule has 402 valence electrons. The molecule has 0 fully saturated rings. The number of nitrogens with zero attached hydrogens (tertiary/aromatic N) is 10. The molecule has 0 amide bonds. The Labute approximate surface area is 412 Å². The molecule has 0 saturated heterocycles. The molecule has 22 heteroatoms. The lowest BCUT2D eigenvalue weighted by molar-refractivity contribution is 0.832. The topological polar surface area (TPSA) is 406 Å². The maximum Gasteiger partial charge on any atom is 0.0928 e. The van der Waals surface area contributed by atoms with Crippen LogP contribution in [0.5, 0.6) is 0 Å². The van der Waals surface area contributed by atoms with Gasteiger partial charge in [-0.05, 0) is 137 Å². The molecule has 0 aliphatic rings. The fourth-order valence-corrected chi connectivity index (χ4v) is 2.34. The lowest BCUT2D eigenvalue weighted by Gasteiger charge is -1.96. The second-order valence-corrected chi connectivity index (χ2v) is 13.8. The van der Waals surface area contributed by atoms with Gasteiger partial charge in [0.15, 0.2) is 0 Å². The number of nitrogens with two attached hydrogens (primary N) is 9. The van der Waals surface area contributed by atoms with Gasteiger partial charge in [-0.25, -0.2) is 0 Å². The molecule has 0 rings (SSSR count). The molecule has 67 heavy (non-hydrogen) atoms. The zero-order valence-electron chi connectivity index (χ0n) is 47.8. The Morgan fingerprint density at radius 2 is 0.657 bits per heavy atom. The zero-order chi connectivity index (χ0) is 55.9. The first-order chi connectivity index (χ1) is 30.7. The van der Waals surface area contributed by atoms with E-state index in [1.54, 1.807) is 83.6 Å². The van der Waals surface area contributed by atoms with Crippen LogP contribution < -0.4 is 62.2 Å². The van der Waals surface area contributed by atoms with Gasteiger partial charge in [0.2, 0.25) is 0 Å². The SMILES string of the molecule is CC(=N)N.CC(N)=NC(C)C.CC(N)=NC(C)C.CCCN=C(C)N.CCCN=C(C)N.CCN=C(C)N.CCN=C(C)N.CCNC(C)=NC.CN=C(C)N.CN=C(C)N.CN=C(C)NC. The van der Waals surface area contributed by atoms with Crippen molar-refractivity contribution in [3.05, 3.63) is 0 Å². The minimum absolute atomic E-state index is 0.167. The van der Waals surface area contributed by atoms with E-state index in [1.165, 1.54) is 6.92 Å². The molecule has 21 N–H and O–H groups in total. The zero-order valence-corrected chi connectivity index (χ0v) is 47.8. The van der Waals surface area contributed by atoms with E-state index in [1.807, 2.05) is 62.4 Å². The van der Waals surface area contributed by atoms with Crippen LogP contribution in [0.25, 0.3) is 0 Å². The number of rotatable bonds is 9. The van der Waals surface area contributed by atoms with E-state index in [2.05, 4.69) is 81.3 Å². The van der Waals surface area contributed by atoms with Gasteiger partial charge < -0.3 is 62.2 Å². The minimum atomic E-state index is 0.167. The van der Waals surface area contributed by atoms with E-state index in [0.717, 1.165) is 57.2 Å². The maximum absolute atomic E-state index is 6.28. The third kappa shape index (κ3) is 239. The Kier molecular flexibility index (Phi) is 102. The summed E-state index contributed by atoms with van der Waals surface area (Å²) in [6.45, 7) is 42.0. The van der Waals surface area contributed by atoms with E-state index in [-0.39, 0.29) is 5.84 Å². The second-order valence-electron chi connectivity index (χ2n) is 13.8. The molecule has 0 saturated carbocycles. The first-order valence-electron chi connectivity index (χ1n) is 22.4. The van der Waals surface area contributed by atoms with Crippen molar-refractivity contribution in [2.45, 2.75) is 163 Å². The Hall–Kier alpha value is -5.83. The number of aliphatic imine (C=N–C) groups is 10. The van der Waals surface area contributed by atoms with E-state index < -0.39 is 0 Å². The average Bonchev–Trinajstić information content (AvgIpc) is 3.19. The van der Waals surface area contributed by atoms with Gasteiger partial charge in [0, 0.05) is 80.0 Å². The van der Waals surface area contributed by atoms with Crippen LogP contribution in [-0.2, 0) is 0 Å². The van der Waals surface area contributed by atoms with Gasteiger partial charge in [0.25, 0.3) is 0 Å². The summed E-state index contributed by atoms with van der Waals surface area (Å²) in [6.07, 6.45) is 2.16. The van der Waals surface area contributed by atoms with E-state index in [9.17, 15) is 0 Å². The molecule has 0 aromatic heterocycles. The van der Waals surface area contributed by atoms with Gasteiger partial charge in [-0.1, -0.05) is 13.8 Å². The van der Waals surface area contributed by atoms with Gasteiger partial charge in [-0.15, -0.1) is 0 Å². The predicted octanol–water partition coefficient (Wildman–Crippen LogP) is 4.68. The standard InChI is InChI=1S/5C5H12N2.3C4H10N2.2C3H8N2.C2H6N2/c1-4-7-5(2)6-3;2*1-4(2)7-5(3)6;2*1-3-4-7-5(2)6;1-4(5-2)6-3;2*1-3-6-4(2)5;2*1-3(4)5-2;1-2(3)4/h4H2,1-3H3,(H,6,7);2*4H,1-3H3,(H2,6,7);2*3-4H2,1-2H3,(H2,6,7);1-3H3,(H,5,6);2*3H2,1-2H3,(H2,5,6);2*1-2H3,(H2,4,5);1H3,(H3,3,4). The quantitative estimate of drug-likeness (QED) is 0.111. The highest BCUT2D eigenvalue weighted by Gasteiger charge is 1.84. The number of amidine groups is 11. The summed E-state index contributed by atoms with van der Waals surface area (Å²) >= 11 is 0. The van der Waals surface area contributed by atoms with Gasteiger partial charge in [0.05, 0.1) is 64.2 Å². The molecule has 0 aliphatic carbocycles. The van der Waals surface area contributed by atoms with Crippen molar-refractivity contribution < 1.29 is 0 Å². The predicted molar refractivity (Wildman–Crippen MR) is 310 cm³/mol. The molecule has 0 aliphatic heterocycles. The fourth-order valence-electron chi connectivity index (χ4n) is 2.34. The molecule has 0 spiro atoms. The van der Waals surface area contributed by atoms with Crippen molar-refractivity contribution >= 4 is 64.2 Å². The Balaban J connectivity index is -0.0000000574. The average molecular weight is 962 g/mol. The molecule has 22 nitrogen and oxygen atoms in total. The summed E-state index contributed by atoms with van der Waals surface area (Å²) in [5.41, 5.74) is 46.0. The van der Waals surface area contributed by atoms with Crippen LogP contribution in [0.15, 0.2) is 49.9 Å². The summed E-state index contributed by atoms with van der Waals surface area (Å²) in [5, 5.41) is 12.2. The third-order valence-corrected chi connectivity index (χ3v) is 5.08. The molecule has 0 unspecified atom stereocenters. The van der Waals surface area contributed by atoms with Crippen LogP contribution in [0.1, 0.15) is 151 Å². The van der Waals surface area contributed by atoms with E-state index in [0.29, 0.717) is 58.8 Å². The van der Waals surface area contributed by atoms with Crippen LogP contribution in [0.2, 0.25) is 0 Å². The highest BCUT2D eigenvalue weighted by molar-refractivity contribution is 5.80. The normalized spacial score (nSPS) is 11.7. The highest BCUT2D eigenvalue weighted by atomic mass is 15.0. The Morgan fingerprint density at radius 1 is 0.418 bits per heavy atom. The third-order valence-electron chi connectivity index (χ3n) is 5.08. The molecule has 0 bridgehead atoms. The van der Waals surface area contributed by atoms with Crippen molar-refractivity contribution in [3.8, 4) is 0 Å². The Bertz CT molecular complexity index is 1230. The smallest absolute Gasteiger partial charge is 0.0928 e. The number of hydrogen-bond donors (Lipinski definition) is 12.